The third-order valence-corrected chi connectivity index (χ3v) is 3.30. The van der Waals surface area contributed by atoms with Crippen molar-refractivity contribution in [3.63, 3.8) is 0 Å². The fraction of sp³-hybridized carbons (Fsp3) is 0.667. The summed E-state index contributed by atoms with van der Waals surface area (Å²) in [5.41, 5.74) is -0.0777. The molecule has 0 aliphatic carbocycles. The Labute approximate surface area is 101 Å². The lowest BCUT2D eigenvalue weighted by Crippen LogP contribution is -2.34. The quantitative estimate of drug-likeness (QED) is 0.792. The highest BCUT2D eigenvalue weighted by molar-refractivity contribution is 5.37. The van der Waals surface area contributed by atoms with Gasteiger partial charge in [0.25, 0.3) is 5.56 Å². The average molecular weight is 236 g/mol. The fourth-order valence-corrected chi connectivity index (χ4v) is 2.32. The van der Waals surface area contributed by atoms with Crippen LogP contribution in [0.3, 0.4) is 0 Å². The van der Waals surface area contributed by atoms with E-state index >= 15 is 0 Å². The minimum Gasteiger partial charge on any atom is -0.356 e. The van der Waals surface area contributed by atoms with Crippen LogP contribution < -0.4 is 15.8 Å². The molecule has 0 amide bonds. The summed E-state index contributed by atoms with van der Waals surface area (Å²) in [6, 6.07) is 2.05. The van der Waals surface area contributed by atoms with Gasteiger partial charge in [-0.05, 0) is 39.3 Å². The lowest BCUT2D eigenvalue weighted by molar-refractivity contribution is 0.561. The molecular weight excluding hydrogens is 216 g/mol. The maximum Gasteiger partial charge on any atom is 0.252 e. The van der Waals surface area contributed by atoms with Gasteiger partial charge in [-0.1, -0.05) is 0 Å². The van der Waals surface area contributed by atoms with Gasteiger partial charge in [0.05, 0.1) is 0 Å². The van der Waals surface area contributed by atoms with E-state index in [0.717, 1.165) is 31.7 Å². The number of H-pyrrole nitrogens is 1. The SMILES string of the molecule is Cc1nc(N(C)C2CCCNCC2)cc(=O)[nH]1. The monoisotopic (exact) mass is 236 g/mol. The predicted octanol–water partition coefficient (Wildman–Crippen LogP) is 0.657. The third kappa shape index (κ3) is 3.06. The second-order valence-corrected chi connectivity index (χ2v) is 4.63. The molecule has 5 nitrogen and oxygen atoms in total. The van der Waals surface area contributed by atoms with Crippen molar-refractivity contribution < 1.29 is 0 Å². The molecule has 1 fully saturated rings. The number of hydrogen-bond acceptors (Lipinski definition) is 4. The minimum absolute atomic E-state index is 0.0777. The van der Waals surface area contributed by atoms with Crippen LogP contribution in [0.4, 0.5) is 5.82 Å². The summed E-state index contributed by atoms with van der Waals surface area (Å²) in [5, 5.41) is 3.39. The molecule has 17 heavy (non-hydrogen) atoms. The molecule has 2 rings (SSSR count). The maximum atomic E-state index is 11.4. The molecule has 1 aliphatic heterocycles. The van der Waals surface area contributed by atoms with Crippen LogP contribution in [0.1, 0.15) is 25.1 Å². The van der Waals surface area contributed by atoms with E-state index in [2.05, 4.69) is 20.2 Å². The van der Waals surface area contributed by atoms with Gasteiger partial charge in [-0.25, -0.2) is 4.98 Å². The average Bonchev–Trinajstić information content (AvgIpc) is 2.55. The molecule has 2 N–H and O–H groups in total. The van der Waals surface area contributed by atoms with Gasteiger partial charge < -0.3 is 15.2 Å². The van der Waals surface area contributed by atoms with E-state index in [4.69, 9.17) is 0 Å². The molecule has 1 aromatic rings. The van der Waals surface area contributed by atoms with Crippen LogP contribution in [0, 0.1) is 6.92 Å². The molecular formula is C12H20N4O. The summed E-state index contributed by atoms with van der Waals surface area (Å²) in [6.45, 7) is 3.94. The minimum atomic E-state index is -0.0777. The summed E-state index contributed by atoms with van der Waals surface area (Å²) in [5.74, 6) is 1.45. The van der Waals surface area contributed by atoms with Gasteiger partial charge in [-0.3, -0.25) is 4.79 Å². The Morgan fingerprint density at radius 2 is 2.24 bits per heavy atom. The summed E-state index contributed by atoms with van der Waals surface area (Å²) in [4.78, 5) is 20.6. The lowest BCUT2D eigenvalue weighted by atomic mass is 10.1. The number of hydrogen-bond donors (Lipinski definition) is 2. The third-order valence-electron chi connectivity index (χ3n) is 3.30. The Hall–Kier alpha value is -1.36. The van der Waals surface area contributed by atoms with Gasteiger partial charge in [-0.15, -0.1) is 0 Å². The highest BCUT2D eigenvalue weighted by atomic mass is 16.1. The van der Waals surface area contributed by atoms with Crippen LogP contribution in [-0.4, -0.2) is 36.1 Å². The molecule has 1 aliphatic rings. The highest BCUT2D eigenvalue weighted by Gasteiger charge is 2.18. The van der Waals surface area contributed by atoms with E-state index in [-0.39, 0.29) is 5.56 Å². The van der Waals surface area contributed by atoms with Gasteiger partial charge in [0.15, 0.2) is 0 Å². The van der Waals surface area contributed by atoms with Crippen molar-refractivity contribution in [3.05, 3.63) is 22.2 Å². The molecule has 0 spiro atoms. The van der Waals surface area contributed by atoms with Crippen molar-refractivity contribution in [2.24, 2.45) is 0 Å². The topological polar surface area (TPSA) is 61.0 Å². The van der Waals surface area contributed by atoms with E-state index in [1.807, 2.05) is 14.0 Å². The van der Waals surface area contributed by atoms with E-state index < -0.39 is 0 Å². The Kier molecular flexibility index (Phi) is 3.78. The molecule has 1 atom stereocenters. The molecule has 94 valence electrons. The predicted molar refractivity (Wildman–Crippen MR) is 68.5 cm³/mol. The Morgan fingerprint density at radius 1 is 1.41 bits per heavy atom. The standard InChI is InChI=1S/C12H20N4O/c1-9-14-11(8-12(17)15-9)16(2)10-4-3-6-13-7-5-10/h8,10,13H,3-7H2,1-2H3,(H,14,15,17). The van der Waals surface area contributed by atoms with Gasteiger partial charge in [0, 0.05) is 19.2 Å². The summed E-state index contributed by atoms with van der Waals surface area (Å²) >= 11 is 0. The molecule has 0 radical (unpaired) electrons. The molecule has 5 heteroatoms. The van der Waals surface area contributed by atoms with Gasteiger partial charge >= 0.3 is 0 Å². The van der Waals surface area contributed by atoms with E-state index in [1.54, 1.807) is 6.07 Å². The summed E-state index contributed by atoms with van der Waals surface area (Å²) in [6.07, 6.45) is 3.43. The lowest BCUT2D eigenvalue weighted by Gasteiger charge is -2.27. The van der Waals surface area contributed by atoms with E-state index in [9.17, 15) is 4.79 Å². The summed E-state index contributed by atoms with van der Waals surface area (Å²) in [7, 11) is 2.02. The summed E-state index contributed by atoms with van der Waals surface area (Å²) < 4.78 is 0. The second kappa shape index (κ2) is 5.31. The zero-order valence-corrected chi connectivity index (χ0v) is 10.5. The first-order chi connectivity index (χ1) is 8.16. The first kappa shape index (κ1) is 12.1. The maximum absolute atomic E-state index is 11.4. The Morgan fingerprint density at radius 3 is 3.00 bits per heavy atom. The van der Waals surface area contributed by atoms with Crippen LogP contribution in [0.15, 0.2) is 10.9 Å². The zero-order valence-electron chi connectivity index (χ0n) is 10.5. The van der Waals surface area contributed by atoms with Crippen molar-refractivity contribution in [2.45, 2.75) is 32.2 Å². The number of nitrogens with zero attached hydrogens (tertiary/aromatic N) is 2. The fourth-order valence-electron chi connectivity index (χ4n) is 2.32. The molecule has 2 heterocycles. The van der Waals surface area contributed by atoms with Crippen LogP contribution in [0.25, 0.3) is 0 Å². The number of rotatable bonds is 2. The molecule has 1 saturated heterocycles. The molecule has 0 saturated carbocycles. The van der Waals surface area contributed by atoms with E-state index in [1.165, 1.54) is 6.42 Å². The number of aromatic nitrogens is 2. The van der Waals surface area contributed by atoms with Gasteiger partial charge in [-0.2, -0.15) is 0 Å². The normalized spacial score (nSPS) is 20.9. The highest BCUT2D eigenvalue weighted by Crippen LogP contribution is 2.17. The van der Waals surface area contributed by atoms with Crippen molar-refractivity contribution in [1.82, 2.24) is 15.3 Å². The second-order valence-electron chi connectivity index (χ2n) is 4.63. The Balaban J connectivity index is 2.17. The van der Waals surface area contributed by atoms with Crippen LogP contribution >= 0.6 is 0 Å². The number of anilines is 1. The smallest absolute Gasteiger partial charge is 0.252 e. The zero-order chi connectivity index (χ0) is 12.3. The molecule has 1 aromatic heterocycles. The van der Waals surface area contributed by atoms with E-state index in [0.29, 0.717) is 11.9 Å². The van der Waals surface area contributed by atoms with Crippen molar-refractivity contribution in [1.29, 1.82) is 0 Å². The Bertz CT molecular complexity index is 421. The number of nitrogens with one attached hydrogen (secondary N) is 2. The van der Waals surface area contributed by atoms with Crippen LogP contribution in [0.2, 0.25) is 0 Å². The van der Waals surface area contributed by atoms with Gasteiger partial charge in [0.1, 0.15) is 11.6 Å². The van der Waals surface area contributed by atoms with Crippen LogP contribution in [-0.2, 0) is 0 Å². The largest absolute Gasteiger partial charge is 0.356 e. The number of aryl methyl sites for hydroxylation is 1. The first-order valence-electron chi connectivity index (χ1n) is 6.18. The van der Waals surface area contributed by atoms with Crippen molar-refractivity contribution in [2.75, 3.05) is 25.0 Å². The first-order valence-corrected chi connectivity index (χ1v) is 6.18. The van der Waals surface area contributed by atoms with Crippen molar-refractivity contribution >= 4 is 5.82 Å². The molecule has 1 unspecified atom stereocenters. The molecule has 0 aromatic carbocycles. The van der Waals surface area contributed by atoms with Crippen LogP contribution in [0.5, 0.6) is 0 Å². The van der Waals surface area contributed by atoms with Gasteiger partial charge in [0.2, 0.25) is 0 Å². The number of aromatic amines is 1. The molecule has 0 bridgehead atoms. The van der Waals surface area contributed by atoms with Crippen molar-refractivity contribution in [3.8, 4) is 0 Å².